The smallest absolute Gasteiger partial charge is 0.321 e. The average Bonchev–Trinajstić information content (AvgIpc) is 2.73. The number of nitrogens with zero attached hydrogens (tertiary/aromatic N) is 3. The maximum absolute atomic E-state index is 12.2. The number of benzene rings is 2. The molecule has 0 saturated heterocycles. The zero-order chi connectivity index (χ0) is 19.8. The zero-order valence-electron chi connectivity index (χ0n) is 15.9. The SMILES string of the molecule is C[C@@H](CNC(=O)Nc1cccc(Oc2ncccn2)c1)N(C)c1ccccc1. The fourth-order valence-corrected chi connectivity index (χ4v) is 2.55. The fourth-order valence-electron chi connectivity index (χ4n) is 2.55. The van der Waals surface area contributed by atoms with Gasteiger partial charge in [0.2, 0.25) is 0 Å². The molecule has 2 amide bonds. The normalized spacial score (nSPS) is 11.4. The first-order chi connectivity index (χ1) is 13.6. The molecule has 0 spiro atoms. The van der Waals surface area contributed by atoms with E-state index in [1.807, 2.05) is 37.4 Å². The second kappa shape index (κ2) is 9.36. The molecule has 0 bridgehead atoms. The topological polar surface area (TPSA) is 79.4 Å². The Labute approximate surface area is 164 Å². The van der Waals surface area contributed by atoms with E-state index in [9.17, 15) is 4.79 Å². The van der Waals surface area contributed by atoms with Crippen molar-refractivity contribution in [2.75, 3.05) is 23.8 Å². The van der Waals surface area contributed by atoms with Crippen LogP contribution in [0.2, 0.25) is 0 Å². The van der Waals surface area contributed by atoms with Crippen LogP contribution in [0.15, 0.2) is 73.1 Å². The third kappa shape index (κ3) is 5.44. The van der Waals surface area contributed by atoms with Crippen LogP contribution in [0.3, 0.4) is 0 Å². The number of likely N-dealkylation sites (N-methyl/N-ethyl adjacent to an activating group) is 1. The van der Waals surface area contributed by atoms with Gasteiger partial charge in [-0.3, -0.25) is 0 Å². The molecule has 0 aliphatic rings. The van der Waals surface area contributed by atoms with Crippen LogP contribution in [0.25, 0.3) is 0 Å². The van der Waals surface area contributed by atoms with E-state index in [1.54, 1.807) is 42.7 Å². The van der Waals surface area contributed by atoms with Crippen molar-refractivity contribution in [2.24, 2.45) is 0 Å². The quantitative estimate of drug-likeness (QED) is 0.652. The molecule has 7 nitrogen and oxygen atoms in total. The van der Waals surface area contributed by atoms with E-state index in [2.05, 4.69) is 32.4 Å². The minimum Gasteiger partial charge on any atom is -0.424 e. The summed E-state index contributed by atoms with van der Waals surface area (Å²) in [5.74, 6) is 0.543. The Hall–Kier alpha value is -3.61. The van der Waals surface area contributed by atoms with E-state index in [0.717, 1.165) is 5.69 Å². The number of carbonyl (C=O) groups is 1. The first-order valence-electron chi connectivity index (χ1n) is 8.99. The van der Waals surface area contributed by atoms with Gasteiger partial charge in [-0.05, 0) is 37.3 Å². The van der Waals surface area contributed by atoms with E-state index in [4.69, 9.17) is 4.74 Å². The van der Waals surface area contributed by atoms with Crippen molar-refractivity contribution >= 4 is 17.4 Å². The molecule has 144 valence electrons. The number of carbonyl (C=O) groups excluding carboxylic acids is 1. The standard InChI is InChI=1S/C21H23N5O2/c1-16(26(2)18-9-4-3-5-10-18)15-24-20(27)25-17-8-6-11-19(14-17)28-21-22-12-7-13-23-21/h3-14,16H,15H2,1-2H3,(H2,24,25,27)/t16-/m0/s1. The zero-order valence-corrected chi connectivity index (χ0v) is 15.9. The van der Waals surface area contributed by atoms with Gasteiger partial charge in [-0.2, -0.15) is 0 Å². The molecule has 1 heterocycles. The molecule has 0 saturated carbocycles. The van der Waals surface area contributed by atoms with Crippen molar-refractivity contribution in [1.29, 1.82) is 0 Å². The summed E-state index contributed by atoms with van der Waals surface area (Å²) in [5, 5.41) is 5.71. The maximum Gasteiger partial charge on any atom is 0.321 e. The number of hydrogen-bond donors (Lipinski definition) is 2. The number of nitrogens with one attached hydrogen (secondary N) is 2. The number of hydrogen-bond acceptors (Lipinski definition) is 5. The van der Waals surface area contributed by atoms with E-state index in [1.165, 1.54) is 0 Å². The van der Waals surface area contributed by atoms with E-state index < -0.39 is 0 Å². The number of para-hydroxylation sites is 1. The Kier molecular flexibility index (Phi) is 6.41. The Balaban J connectivity index is 1.51. The van der Waals surface area contributed by atoms with Crippen molar-refractivity contribution in [3.63, 3.8) is 0 Å². The van der Waals surface area contributed by atoms with Gasteiger partial charge in [0.1, 0.15) is 5.75 Å². The minimum absolute atomic E-state index is 0.137. The van der Waals surface area contributed by atoms with Crippen LogP contribution in [0.1, 0.15) is 6.92 Å². The summed E-state index contributed by atoms with van der Waals surface area (Å²) in [6, 6.07) is 18.9. The van der Waals surface area contributed by atoms with Crippen LogP contribution >= 0.6 is 0 Å². The molecule has 3 aromatic rings. The Bertz CT molecular complexity index is 890. The molecule has 2 aromatic carbocycles. The van der Waals surface area contributed by atoms with Crippen LogP contribution < -0.4 is 20.3 Å². The summed E-state index contributed by atoms with van der Waals surface area (Å²) in [7, 11) is 2.01. The molecular weight excluding hydrogens is 354 g/mol. The van der Waals surface area contributed by atoms with Gasteiger partial charge in [0.05, 0.1) is 0 Å². The van der Waals surface area contributed by atoms with Gasteiger partial charge in [0.15, 0.2) is 0 Å². The van der Waals surface area contributed by atoms with Crippen molar-refractivity contribution in [2.45, 2.75) is 13.0 Å². The molecule has 0 unspecified atom stereocenters. The number of urea groups is 1. The molecule has 28 heavy (non-hydrogen) atoms. The summed E-state index contributed by atoms with van der Waals surface area (Å²) in [6.45, 7) is 2.56. The van der Waals surface area contributed by atoms with Gasteiger partial charge in [0.25, 0.3) is 0 Å². The average molecular weight is 377 g/mol. The van der Waals surface area contributed by atoms with E-state index in [-0.39, 0.29) is 18.1 Å². The summed E-state index contributed by atoms with van der Waals surface area (Å²) >= 11 is 0. The number of rotatable bonds is 7. The molecule has 1 aromatic heterocycles. The van der Waals surface area contributed by atoms with Gasteiger partial charge in [-0.1, -0.05) is 24.3 Å². The van der Waals surface area contributed by atoms with Crippen LogP contribution in [-0.4, -0.2) is 35.6 Å². The second-order valence-electron chi connectivity index (χ2n) is 6.29. The van der Waals surface area contributed by atoms with Gasteiger partial charge >= 0.3 is 12.0 Å². The van der Waals surface area contributed by atoms with Crippen LogP contribution in [0.4, 0.5) is 16.2 Å². The van der Waals surface area contributed by atoms with Gasteiger partial charge in [-0.15, -0.1) is 0 Å². The summed E-state index contributed by atoms with van der Waals surface area (Å²) < 4.78 is 5.58. The largest absolute Gasteiger partial charge is 0.424 e. The maximum atomic E-state index is 12.2. The van der Waals surface area contributed by atoms with Crippen LogP contribution in [-0.2, 0) is 0 Å². The van der Waals surface area contributed by atoms with E-state index >= 15 is 0 Å². The Morgan fingerprint density at radius 2 is 1.82 bits per heavy atom. The monoisotopic (exact) mass is 377 g/mol. The molecule has 2 N–H and O–H groups in total. The fraction of sp³-hybridized carbons (Fsp3) is 0.190. The second-order valence-corrected chi connectivity index (χ2v) is 6.29. The molecule has 1 atom stereocenters. The molecule has 0 fully saturated rings. The first kappa shape index (κ1) is 19.2. The lowest BCUT2D eigenvalue weighted by molar-refractivity contribution is 0.251. The molecular formula is C21H23N5O2. The molecule has 3 rings (SSSR count). The van der Waals surface area contributed by atoms with E-state index in [0.29, 0.717) is 18.0 Å². The summed E-state index contributed by atoms with van der Waals surface area (Å²) in [5.41, 5.74) is 1.72. The van der Waals surface area contributed by atoms with Crippen molar-refractivity contribution < 1.29 is 9.53 Å². The Morgan fingerprint density at radius 3 is 2.57 bits per heavy atom. The highest BCUT2D eigenvalue weighted by atomic mass is 16.5. The molecule has 0 radical (unpaired) electrons. The van der Waals surface area contributed by atoms with Gasteiger partial charge in [0, 0.05) is 49.5 Å². The van der Waals surface area contributed by atoms with Crippen molar-refractivity contribution in [3.05, 3.63) is 73.1 Å². The first-order valence-corrected chi connectivity index (χ1v) is 8.99. The Morgan fingerprint density at radius 1 is 1.07 bits per heavy atom. The van der Waals surface area contributed by atoms with Gasteiger partial charge in [-0.25, -0.2) is 14.8 Å². The van der Waals surface area contributed by atoms with Crippen molar-refractivity contribution in [1.82, 2.24) is 15.3 Å². The molecule has 0 aliphatic carbocycles. The lowest BCUT2D eigenvalue weighted by Gasteiger charge is -2.27. The number of aromatic nitrogens is 2. The molecule has 7 heteroatoms. The minimum atomic E-state index is -0.276. The van der Waals surface area contributed by atoms with Crippen LogP contribution in [0.5, 0.6) is 11.8 Å². The van der Waals surface area contributed by atoms with Gasteiger partial charge < -0.3 is 20.3 Å². The predicted octanol–water partition coefficient (Wildman–Crippen LogP) is 3.92. The highest BCUT2D eigenvalue weighted by molar-refractivity contribution is 5.89. The highest BCUT2D eigenvalue weighted by Gasteiger charge is 2.11. The highest BCUT2D eigenvalue weighted by Crippen LogP contribution is 2.21. The third-order valence-corrected chi connectivity index (χ3v) is 4.23. The van der Waals surface area contributed by atoms with Crippen LogP contribution in [0, 0.1) is 0 Å². The third-order valence-electron chi connectivity index (χ3n) is 4.23. The summed E-state index contributed by atoms with van der Waals surface area (Å²) in [4.78, 5) is 22.4. The lowest BCUT2D eigenvalue weighted by atomic mass is 10.2. The number of ether oxygens (including phenoxy) is 1. The van der Waals surface area contributed by atoms with Crippen molar-refractivity contribution in [3.8, 4) is 11.8 Å². The number of amides is 2. The molecule has 0 aliphatic heterocycles. The lowest BCUT2D eigenvalue weighted by Crippen LogP contribution is -2.41. The summed E-state index contributed by atoms with van der Waals surface area (Å²) in [6.07, 6.45) is 3.21. The predicted molar refractivity (Wildman–Crippen MR) is 110 cm³/mol. The number of anilines is 2.